The van der Waals surface area contributed by atoms with Crippen molar-refractivity contribution >= 4 is 17.6 Å². The highest BCUT2D eigenvalue weighted by Gasteiger charge is 2.03. The Hall–Kier alpha value is -3.08. The van der Waals surface area contributed by atoms with Gasteiger partial charge in [-0.15, -0.1) is 0 Å². The van der Waals surface area contributed by atoms with Crippen molar-refractivity contribution in [1.29, 1.82) is 0 Å². The molecule has 5 heteroatoms. The first kappa shape index (κ1) is 15.8. The molecule has 0 bridgehead atoms. The van der Waals surface area contributed by atoms with Crippen molar-refractivity contribution < 1.29 is 9.53 Å². The second-order valence-corrected chi connectivity index (χ2v) is 5.49. The molecule has 1 aromatic carbocycles. The second kappa shape index (κ2) is 7.00. The number of aromatic nitrogens is 2. The van der Waals surface area contributed by atoms with Gasteiger partial charge in [0.05, 0.1) is 19.3 Å². The molecule has 0 saturated heterocycles. The monoisotopic (exact) mass is 321 g/mol. The van der Waals surface area contributed by atoms with Crippen LogP contribution in [-0.2, 0) is 11.3 Å². The summed E-state index contributed by atoms with van der Waals surface area (Å²) in [7, 11) is 1.62. The van der Waals surface area contributed by atoms with Crippen LogP contribution in [0.4, 0.5) is 0 Å². The minimum Gasteiger partial charge on any atom is -0.496 e. The molecule has 24 heavy (non-hydrogen) atoms. The maximum atomic E-state index is 12.0. The number of carbonyl (C=O) groups is 1. The van der Waals surface area contributed by atoms with Crippen molar-refractivity contribution in [2.45, 2.75) is 13.5 Å². The van der Waals surface area contributed by atoms with E-state index in [0.717, 1.165) is 28.2 Å². The highest BCUT2D eigenvalue weighted by atomic mass is 16.5. The molecule has 2 aromatic heterocycles. The molecule has 0 aliphatic carbocycles. The zero-order valence-electron chi connectivity index (χ0n) is 13.7. The molecule has 122 valence electrons. The van der Waals surface area contributed by atoms with Gasteiger partial charge in [0, 0.05) is 24.0 Å². The summed E-state index contributed by atoms with van der Waals surface area (Å²) in [6.45, 7) is 2.38. The first-order chi connectivity index (χ1) is 11.7. The predicted octanol–water partition coefficient (Wildman–Crippen LogP) is 2.98. The van der Waals surface area contributed by atoms with E-state index in [-0.39, 0.29) is 5.91 Å². The fourth-order valence-corrected chi connectivity index (χ4v) is 2.46. The van der Waals surface area contributed by atoms with Crippen molar-refractivity contribution in [3.8, 4) is 5.75 Å². The van der Waals surface area contributed by atoms with Crippen molar-refractivity contribution in [1.82, 2.24) is 14.7 Å². The summed E-state index contributed by atoms with van der Waals surface area (Å²) >= 11 is 0. The van der Waals surface area contributed by atoms with Gasteiger partial charge in [0.25, 0.3) is 0 Å². The number of pyridine rings is 1. The van der Waals surface area contributed by atoms with E-state index in [1.54, 1.807) is 13.2 Å². The third kappa shape index (κ3) is 3.63. The predicted molar refractivity (Wildman–Crippen MR) is 93.8 cm³/mol. The molecular weight excluding hydrogens is 302 g/mol. The third-order valence-electron chi connectivity index (χ3n) is 3.66. The molecule has 0 fully saturated rings. The van der Waals surface area contributed by atoms with E-state index in [2.05, 4.69) is 10.3 Å². The number of nitrogens with zero attached hydrogens (tertiary/aromatic N) is 2. The number of hydrogen-bond donors (Lipinski definition) is 1. The molecule has 3 rings (SSSR count). The van der Waals surface area contributed by atoms with E-state index in [1.807, 2.05) is 60.1 Å². The van der Waals surface area contributed by atoms with Crippen LogP contribution in [0.15, 0.2) is 54.9 Å². The number of benzene rings is 1. The quantitative estimate of drug-likeness (QED) is 0.735. The summed E-state index contributed by atoms with van der Waals surface area (Å²) in [5.74, 6) is 0.570. The number of imidazole rings is 1. The Morgan fingerprint density at radius 2 is 2.21 bits per heavy atom. The van der Waals surface area contributed by atoms with Gasteiger partial charge in [-0.1, -0.05) is 17.7 Å². The number of nitrogens with one attached hydrogen (secondary N) is 1. The average Bonchev–Trinajstić information content (AvgIpc) is 3.01. The van der Waals surface area contributed by atoms with Crippen LogP contribution in [0.25, 0.3) is 11.7 Å². The number of carbonyl (C=O) groups excluding carboxylic acids is 1. The lowest BCUT2D eigenvalue weighted by Gasteiger charge is -2.05. The van der Waals surface area contributed by atoms with Crippen LogP contribution in [0.2, 0.25) is 0 Å². The van der Waals surface area contributed by atoms with Gasteiger partial charge in [-0.25, -0.2) is 4.98 Å². The van der Waals surface area contributed by atoms with Crippen molar-refractivity contribution in [2.75, 3.05) is 7.11 Å². The highest BCUT2D eigenvalue weighted by Crippen LogP contribution is 2.20. The van der Waals surface area contributed by atoms with E-state index >= 15 is 0 Å². The standard InChI is InChI=1S/C19H19N3O2/c1-14-6-8-17(24-2)15(11-14)7-9-19(23)20-12-16-13-22-10-4-3-5-18(22)21-16/h3-11,13H,12H2,1-2H3,(H,20,23)/b9-7+. The lowest BCUT2D eigenvalue weighted by atomic mass is 10.1. The normalized spacial score (nSPS) is 11.1. The number of fused-ring (bicyclic) bond motifs is 1. The zero-order valence-corrected chi connectivity index (χ0v) is 13.7. The molecule has 0 unspecified atom stereocenters. The van der Waals surface area contributed by atoms with Crippen LogP contribution < -0.4 is 10.1 Å². The number of ether oxygens (including phenoxy) is 1. The summed E-state index contributed by atoms with van der Waals surface area (Å²) < 4.78 is 7.23. The summed E-state index contributed by atoms with van der Waals surface area (Å²) in [5, 5.41) is 2.84. The SMILES string of the molecule is COc1ccc(C)cc1/C=C/C(=O)NCc1cn2ccccc2n1. The summed E-state index contributed by atoms with van der Waals surface area (Å²) in [6.07, 6.45) is 7.10. The Labute approximate surface area is 140 Å². The zero-order chi connectivity index (χ0) is 16.9. The molecule has 0 spiro atoms. The fourth-order valence-electron chi connectivity index (χ4n) is 2.46. The molecule has 5 nitrogen and oxygen atoms in total. The van der Waals surface area contributed by atoms with Crippen LogP contribution in [0.3, 0.4) is 0 Å². The Kier molecular flexibility index (Phi) is 4.61. The lowest BCUT2D eigenvalue weighted by Crippen LogP contribution is -2.20. The Morgan fingerprint density at radius 1 is 1.33 bits per heavy atom. The molecule has 1 amide bonds. The van der Waals surface area contributed by atoms with Crippen molar-refractivity contribution in [3.63, 3.8) is 0 Å². The first-order valence-electron chi connectivity index (χ1n) is 7.69. The van der Waals surface area contributed by atoms with Gasteiger partial charge in [0.1, 0.15) is 11.4 Å². The fraction of sp³-hybridized carbons (Fsp3) is 0.158. The lowest BCUT2D eigenvalue weighted by molar-refractivity contribution is -0.116. The molecule has 3 aromatic rings. The minimum absolute atomic E-state index is 0.171. The van der Waals surface area contributed by atoms with E-state index in [4.69, 9.17) is 4.74 Å². The Bertz CT molecular complexity index is 864. The molecular formula is C19H19N3O2. The number of methoxy groups -OCH3 is 1. The van der Waals surface area contributed by atoms with Crippen molar-refractivity contribution in [2.24, 2.45) is 0 Å². The van der Waals surface area contributed by atoms with Gasteiger partial charge < -0.3 is 14.5 Å². The van der Waals surface area contributed by atoms with E-state index in [0.29, 0.717) is 6.54 Å². The first-order valence-corrected chi connectivity index (χ1v) is 7.69. The van der Waals surface area contributed by atoms with Gasteiger partial charge >= 0.3 is 0 Å². The molecule has 1 N–H and O–H groups in total. The summed E-state index contributed by atoms with van der Waals surface area (Å²) in [6, 6.07) is 11.6. The average molecular weight is 321 g/mol. The molecule has 0 saturated carbocycles. The molecule has 0 radical (unpaired) electrons. The van der Waals surface area contributed by atoms with Crippen LogP contribution in [0.1, 0.15) is 16.8 Å². The van der Waals surface area contributed by atoms with E-state index in [9.17, 15) is 4.79 Å². The molecule has 0 aliphatic heterocycles. The van der Waals surface area contributed by atoms with E-state index in [1.165, 1.54) is 6.08 Å². The number of hydrogen-bond acceptors (Lipinski definition) is 3. The number of rotatable bonds is 5. The smallest absolute Gasteiger partial charge is 0.244 e. The third-order valence-corrected chi connectivity index (χ3v) is 3.66. The molecule has 0 atom stereocenters. The maximum Gasteiger partial charge on any atom is 0.244 e. The van der Waals surface area contributed by atoms with Crippen LogP contribution in [-0.4, -0.2) is 22.4 Å². The van der Waals surface area contributed by atoms with Gasteiger partial charge in [-0.2, -0.15) is 0 Å². The molecule has 2 heterocycles. The topological polar surface area (TPSA) is 55.6 Å². The van der Waals surface area contributed by atoms with E-state index < -0.39 is 0 Å². The maximum absolute atomic E-state index is 12.0. The van der Waals surface area contributed by atoms with Crippen LogP contribution in [0, 0.1) is 6.92 Å². The highest BCUT2D eigenvalue weighted by molar-refractivity contribution is 5.92. The van der Waals surface area contributed by atoms with Crippen molar-refractivity contribution in [3.05, 3.63) is 71.7 Å². The van der Waals surface area contributed by atoms with Gasteiger partial charge in [-0.05, 0) is 37.3 Å². The Balaban J connectivity index is 1.64. The van der Waals surface area contributed by atoms with Gasteiger partial charge in [-0.3, -0.25) is 4.79 Å². The van der Waals surface area contributed by atoms with Gasteiger partial charge in [0.2, 0.25) is 5.91 Å². The van der Waals surface area contributed by atoms with Gasteiger partial charge in [0.15, 0.2) is 0 Å². The van der Waals surface area contributed by atoms with Crippen LogP contribution >= 0.6 is 0 Å². The summed E-state index contributed by atoms with van der Waals surface area (Å²) in [5.41, 5.74) is 3.67. The second-order valence-electron chi connectivity index (χ2n) is 5.49. The number of aryl methyl sites for hydroxylation is 1. The van der Waals surface area contributed by atoms with Crippen LogP contribution in [0.5, 0.6) is 5.75 Å². The summed E-state index contributed by atoms with van der Waals surface area (Å²) in [4.78, 5) is 16.5. The number of amides is 1. The largest absolute Gasteiger partial charge is 0.496 e. The molecule has 0 aliphatic rings. The Morgan fingerprint density at radius 3 is 3.00 bits per heavy atom. The minimum atomic E-state index is -0.171.